The van der Waals surface area contributed by atoms with Crippen molar-refractivity contribution in [1.82, 2.24) is 0 Å². The molecule has 0 aliphatic carbocycles. The summed E-state index contributed by atoms with van der Waals surface area (Å²) in [4.78, 5) is 0. The molecule has 1 atom stereocenters. The Labute approximate surface area is 88.7 Å². The number of nitrogens with two attached hydrogens (primary N) is 1. The zero-order valence-corrected chi connectivity index (χ0v) is 8.74. The second-order valence-electron chi connectivity index (χ2n) is 3.39. The zero-order valence-electron chi connectivity index (χ0n) is 8.74. The van der Waals surface area contributed by atoms with Crippen molar-refractivity contribution < 1.29 is 14.2 Å². The van der Waals surface area contributed by atoms with Gasteiger partial charge in [0.15, 0.2) is 0 Å². The number of hydrogen-bond acceptors (Lipinski definition) is 3. The van der Waals surface area contributed by atoms with Crippen molar-refractivity contribution >= 4 is 0 Å². The van der Waals surface area contributed by atoms with Crippen LogP contribution in [-0.2, 0) is 6.42 Å². The van der Waals surface area contributed by atoms with Crippen LogP contribution >= 0.6 is 0 Å². The van der Waals surface area contributed by atoms with Crippen molar-refractivity contribution in [2.24, 2.45) is 5.73 Å². The van der Waals surface area contributed by atoms with Gasteiger partial charge >= 0.3 is 0 Å². The van der Waals surface area contributed by atoms with Gasteiger partial charge in [0, 0.05) is 6.42 Å². The maximum absolute atomic E-state index is 13.0. The molecule has 0 heterocycles. The second-order valence-corrected chi connectivity index (χ2v) is 3.39. The van der Waals surface area contributed by atoms with Crippen LogP contribution in [0.1, 0.15) is 12.0 Å². The van der Waals surface area contributed by atoms with E-state index in [9.17, 15) is 9.50 Å². The Morgan fingerprint density at radius 2 is 2.27 bits per heavy atom. The molecule has 3 nitrogen and oxygen atoms in total. The SMILES string of the molecule is COc1ccc(F)cc1CC(O)CCN. The molecule has 84 valence electrons. The summed E-state index contributed by atoms with van der Waals surface area (Å²) in [6, 6.07) is 4.26. The summed E-state index contributed by atoms with van der Waals surface area (Å²) < 4.78 is 18.0. The number of hydrogen-bond donors (Lipinski definition) is 2. The van der Waals surface area contributed by atoms with Gasteiger partial charge in [-0.05, 0) is 36.7 Å². The topological polar surface area (TPSA) is 55.5 Å². The molecule has 1 aromatic carbocycles. The average molecular weight is 213 g/mol. The average Bonchev–Trinajstić information content (AvgIpc) is 2.18. The normalized spacial score (nSPS) is 12.5. The number of aliphatic hydroxyl groups excluding tert-OH is 1. The summed E-state index contributed by atoms with van der Waals surface area (Å²) in [5.41, 5.74) is 5.98. The van der Waals surface area contributed by atoms with E-state index in [1.54, 1.807) is 6.07 Å². The Kier molecular flexibility index (Phi) is 4.52. The van der Waals surface area contributed by atoms with Crippen molar-refractivity contribution in [3.63, 3.8) is 0 Å². The van der Waals surface area contributed by atoms with E-state index in [2.05, 4.69) is 0 Å². The largest absolute Gasteiger partial charge is 0.496 e. The molecule has 0 aliphatic heterocycles. The van der Waals surface area contributed by atoms with E-state index in [0.717, 1.165) is 0 Å². The summed E-state index contributed by atoms with van der Waals surface area (Å²) in [6.45, 7) is 0.415. The highest BCUT2D eigenvalue weighted by Crippen LogP contribution is 2.21. The lowest BCUT2D eigenvalue weighted by Crippen LogP contribution is -2.16. The molecule has 1 rings (SSSR count). The van der Waals surface area contributed by atoms with E-state index in [-0.39, 0.29) is 5.82 Å². The molecular formula is C11H16FNO2. The molecule has 15 heavy (non-hydrogen) atoms. The third-order valence-electron chi connectivity index (χ3n) is 2.20. The first-order valence-electron chi connectivity index (χ1n) is 4.88. The van der Waals surface area contributed by atoms with Crippen LogP contribution in [0.5, 0.6) is 5.75 Å². The Balaban J connectivity index is 2.77. The summed E-state index contributed by atoms with van der Waals surface area (Å²) in [7, 11) is 1.52. The van der Waals surface area contributed by atoms with Gasteiger partial charge in [-0.1, -0.05) is 0 Å². The molecular weight excluding hydrogens is 197 g/mol. The first-order chi connectivity index (χ1) is 7.17. The van der Waals surface area contributed by atoms with Crippen molar-refractivity contribution in [2.75, 3.05) is 13.7 Å². The minimum absolute atomic E-state index is 0.328. The molecule has 0 saturated heterocycles. The Morgan fingerprint density at radius 3 is 2.87 bits per heavy atom. The van der Waals surface area contributed by atoms with Crippen molar-refractivity contribution in [3.8, 4) is 5.75 Å². The minimum Gasteiger partial charge on any atom is -0.496 e. The van der Waals surface area contributed by atoms with E-state index in [0.29, 0.717) is 30.7 Å². The number of rotatable bonds is 5. The van der Waals surface area contributed by atoms with E-state index in [1.807, 2.05) is 0 Å². The van der Waals surface area contributed by atoms with Crippen LogP contribution in [0.3, 0.4) is 0 Å². The van der Waals surface area contributed by atoms with Crippen molar-refractivity contribution in [3.05, 3.63) is 29.6 Å². The molecule has 0 aliphatic rings. The van der Waals surface area contributed by atoms with E-state index < -0.39 is 6.10 Å². The summed E-state index contributed by atoms with van der Waals surface area (Å²) in [5, 5.41) is 9.56. The fraction of sp³-hybridized carbons (Fsp3) is 0.455. The zero-order chi connectivity index (χ0) is 11.3. The lowest BCUT2D eigenvalue weighted by Gasteiger charge is -2.12. The van der Waals surface area contributed by atoms with E-state index in [1.165, 1.54) is 19.2 Å². The lowest BCUT2D eigenvalue weighted by molar-refractivity contribution is 0.166. The third-order valence-corrected chi connectivity index (χ3v) is 2.20. The molecule has 0 aromatic heterocycles. The van der Waals surface area contributed by atoms with Crippen LogP contribution in [0.25, 0.3) is 0 Å². The van der Waals surface area contributed by atoms with Gasteiger partial charge in [0.25, 0.3) is 0 Å². The summed E-state index contributed by atoms with van der Waals surface area (Å²) in [6.07, 6.45) is 0.309. The Morgan fingerprint density at radius 1 is 1.53 bits per heavy atom. The molecule has 0 radical (unpaired) electrons. The molecule has 3 N–H and O–H groups in total. The Hall–Kier alpha value is -1.13. The van der Waals surface area contributed by atoms with Crippen LogP contribution in [0.2, 0.25) is 0 Å². The van der Waals surface area contributed by atoms with Crippen LogP contribution < -0.4 is 10.5 Å². The van der Waals surface area contributed by atoms with Gasteiger partial charge in [0.05, 0.1) is 13.2 Å². The van der Waals surface area contributed by atoms with Gasteiger partial charge < -0.3 is 15.6 Å². The summed E-state index contributed by atoms with van der Waals surface area (Å²) >= 11 is 0. The fourth-order valence-corrected chi connectivity index (χ4v) is 1.45. The first kappa shape index (κ1) is 11.9. The number of aliphatic hydroxyl groups is 1. The molecule has 0 fully saturated rings. The van der Waals surface area contributed by atoms with E-state index in [4.69, 9.17) is 10.5 Å². The van der Waals surface area contributed by atoms with Gasteiger partial charge in [0.1, 0.15) is 11.6 Å². The third kappa shape index (κ3) is 3.49. The highest BCUT2D eigenvalue weighted by Gasteiger charge is 2.10. The number of ether oxygens (including phenoxy) is 1. The molecule has 0 saturated carbocycles. The highest BCUT2D eigenvalue weighted by atomic mass is 19.1. The predicted molar refractivity (Wildman–Crippen MR) is 56.3 cm³/mol. The standard InChI is InChI=1S/C11H16FNO2/c1-15-11-3-2-9(12)6-8(11)7-10(14)4-5-13/h2-3,6,10,14H,4-5,7,13H2,1H3. The van der Waals surface area contributed by atoms with Crippen LogP contribution in [0.15, 0.2) is 18.2 Å². The Bertz CT molecular complexity index is 317. The fourth-order valence-electron chi connectivity index (χ4n) is 1.45. The molecule has 0 amide bonds. The molecule has 1 aromatic rings. The quantitative estimate of drug-likeness (QED) is 0.769. The minimum atomic E-state index is -0.550. The smallest absolute Gasteiger partial charge is 0.123 e. The highest BCUT2D eigenvalue weighted by molar-refractivity contribution is 5.34. The number of methoxy groups -OCH3 is 1. The lowest BCUT2D eigenvalue weighted by atomic mass is 10.0. The monoisotopic (exact) mass is 213 g/mol. The van der Waals surface area contributed by atoms with Crippen LogP contribution in [0.4, 0.5) is 4.39 Å². The molecule has 0 spiro atoms. The predicted octanol–water partition coefficient (Wildman–Crippen LogP) is 1.09. The number of halogens is 1. The van der Waals surface area contributed by atoms with Gasteiger partial charge in [-0.2, -0.15) is 0 Å². The molecule has 0 bridgehead atoms. The number of benzene rings is 1. The van der Waals surface area contributed by atoms with Gasteiger partial charge in [-0.25, -0.2) is 4.39 Å². The van der Waals surface area contributed by atoms with Gasteiger partial charge in [-0.15, -0.1) is 0 Å². The summed E-state index contributed by atoms with van der Waals surface area (Å²) in [5.74, 6) is 0.262. The molecule has 1 unspecified atom stereocenters. The van der Waals surface area contributed by atoms with Crippen molar-refractivity contribution in [1.29, 1.82) is 0 Å². The maximum atomic E-state index is 13.0. The van der Waals surface area contributed by atoms with Crippen molar-refractivity contribution in [2.45, 2.75) is 18.9 Å². The van der Waals surface area contributed by atoms with Crippen LogP contribution in [-0.4, -0.2) is 24.9 Å². The molecule has 4 heteroatoms. The van der Waals surface area contributed by atoms with E-state index >= 15 is 0 Å². The maximum Gasteiger partial charge on any atom is 0.123 e. The first-order valence-corrected chi connectivity index (χ1v) is 4.88. The second kappa shape index (κ2) is 5.68. The van der Waals surface area contributed by atoms with Gasteiger partial charge in [-0.3, -0.25) is 0 Å². The van der Waals surface area contributed by atoms with Crippen LogP contribution in [0, 0.1) is 5.82 Å². The van der Waals surface area contributed by atoms with Gasteiger partial charge in [0.2, 0.25) is 0 Å².